The Morgan fingerprint density at radius 3 is 2.39 bits per heavy atom. The van der Waals surface area contributed by atoms with Gasteiger partial charge in [0.05, 0.1) is 15.8 Å². The van der Waals surface area contributed by atoms with Crippen LogP contribution in [0.1, 0.15) is 43.8 Å². The van der Waals surface area contributed by atoms with Crippen LogP contribution in [-0.2, 0) is 26.7 Å². The maximum Gasteiger partial charge on any atom is 0.408 e. The van der Waals surface area contributed by atoms with Gasteiger partial charge in [-0.3, -0.25) is 0 Å². The topological polar surface area (TPSA) is 111 Å². The van der Waals surface area contributed by atoms with Gasteiger partial charge in [0.1, 0.15) is 11.6 Å². The molecule has 0 saturated carbocycles. The molecule has 1 amide bonds. The van der Waals surface area contributed by atoms with Gasteiger partial charge in [-0.25, -0.2) is 13.2 Å². The fourth-order valence-corrected chi connectivity index (χ4v) is 4.34. The number of amides is 1. The molecular formula is C22H23Cl2N3O5S. The Morgan fingerprint density at radius 2 is 1.76 bits per heavy atom. The smallest absolute Gasteiger partial charge is 0.408 e. The minimum absolute atomic E-state index is 0.0579. The Kier molecular flexibility index (Phi) is 7.66. The number of carbonyl (C=O) groups excluding carboxylic acids is 1. The fourth-order valence-electron chi connectivity index (χ4n) is 2.90. The molecule has 1 N–H and O–H groups in total. The number of sulfone groups is 1. The van der Waals surface area contributed by atoms with Crippen molar-refractivity contribution < 1.29 is 22.4 Å². The minimum Gasteiger partial charge on any atom is -0.444 e. The van der Waals surface area contributed by atoms with Crippen LogP contribution < -0.4 is 5.32 Å². The lowest BCUT2D eigenvalue weighted by Crippen LogP contribution is -2.36. The van der Waals surface area contributed by atoms with Crippen molar-refractivity contribution >= 4 is 39.1 Å². The number of nitrogens with zero attached hydrogens (tertiary/aromatic N) is 2. The SMILES string of the molecule is CC(C)(C)OC(=O)N[C@@H](Cc1ccccc1)c1nnc(S(=O)(=O)Cc2ccc(Cl)c(Cl)c2)o1. The summed E-state index contributed by atoms with van der Waals surface area (Å²) in [5.74, 6) is -0.466. The molecule has 0 spiro atoms. The van der Waals surface area contributed by atoms with Gasteiger partial charge in [0.25, 0.3) is 0 Å². The number of nitrogens with one attached hydrogen (secondary N) is 1. The first-order chi connectivity index (χ1) is 15.4. The molecule has 3 aromatic rings. The molecule has 0 aliphatic carbocycles. The third kappa shape index (κ3) is 7.18. The van der Waals surface area contributed by atoms with Gasteiger partial charge < -0.3 is 14.5 Å². The van der Waals surface area contributed by atoms with Crippen LogP contribution in [0.2, 0.25) is 10.0 Å². The van der Waals surface area contributed by atoms with E-state index in [1.165, 1.54) is 12.1 Å². The van der Waals surface area contributed by atoms with E-state index < -0.39 is 38.5 Å². The van der Waals surface area contributed by atoms with E-state index in [1.54, 1.807) is 26.8 Å². The van der Waals surface area contributed by atoms with Gasteiger partial charge in [-0.2, -0.15) is 0 Å². The van der Waals surface area contributed by atoms with Crippen molar-refractivity contribution in [1.29, 1.82) is 0 Å². The zero-order valence-electron chi connectivity index (χ0n) is 18.2. The number of aromatic nitrogens is 2. The number of ether oxygens (including phenoxy) is 1. The first-order valence-corrected chi connectivity index (χ1v) is 12.4. The molecule has 2 aromatic carbocycles. The highest BCUT2D eigenvalue weighted by Gasteiger charge is 2.29. The van der Waals surface area contributed by atoms with Crippen molar-refractivity contribution in [3.63, 3.8) is 0 Å². The second kappa shape index (κ2) is 10.1. The van der Waals surface area contributed by atoms with E-state index >= 15 is 0 Å². The van der Waals surface area contributed by atoms with E-state index in [2.05, 4.69) is 15.5 Å². The molecule has 1 aromatic heterocycles. The van der Waals surface area contributed by atoms with Crippen LogP contribution in [-0.4, -0.2) is 30.3 Å². The van der Waals surface area contributed by atoms with Crippen LogP contribution in [0.15, 0.2) is 58.2 Å². The van der Waals surface area contributed by atoms with Crippen molar-refractivity contribution in [1.82, 2.24) is 15.5 Å². The maximum absolute atomic E-state index is 12.8. The number of benzene rings is 2. The second-order valence-corrected chi connectivity index (χ2v) is 11.0. The van der Waals surface area contributed by atoms with Gasteiger partial charge in [0.2, 0.25) is 15.7 Å². The summed E-state index contributed by atoms with van der Waals surface area (Å²) < 4.78 is 36.5. The highest BCUT2D eigenvalue weighted by Crippen LogP contribution is 2.26. The summed E-state index contributed by atoms with van der Waals surface area (Å²) in [4.78, 5) is 12.4. The van der Waals surface area contributed by atoms with Crippen LogP contribution in [0, 0.1) is 0 Å². The average Bonchev–Trinajstić information content (AvgIpc) is 3.21. The molecule has 0 radical (unpaired) electrons. The molecule has 3 rings (SSSR count). The van der Waals surface area contributed by atoms with Crippen molar-refractivity contribution in [2.75, 3.05) is 0 Å². The quantitative estimate of drug-likeness (QED) is 0.466. The lowest BCUT2D eigenvalue weighted by atomic mass is 10.1. The Labute approximate surface area is 202 Å². The van der Waals surface area contributed by atoms with Crippen molar-refractivity contribution in [2.45, 2.75) is 49.8 Å². The van der Waals surface area contributed by atoms with E-state index in [-0.39, 0.29) is 17.3 Å². The van der Waals surface area contributed by atoms with Gasteiger partial charge in [-0.05, 0) is 44.0 Å². The Morgan fingerprint density at radius 1 is 1.06 bits per heavy atom. The third-order valence-electron chi connectivity index (χ3n) is 4.30. The van der Waals surface area contributed by atoms with E-state index in [4.69, 9.17) is 32.4 Å². The first kappa shape index (κ1) is 25.0. The van der Waals surface area contributed by atoms with Crippen LogP contribution in [0.25, 0.3) is 0 Å². The number of hydrogen-bond acceptors (Lipinski definition) is 7. The van der Waals surface area contributed by atoms with Crippen LogP contribution in [0.5, 0.6) is 0 Å². The van der Waals surface area contributed by atoms with Gasteiger partial charge in [0.15, 0.2) is 0 Å². The number of rotatable bonds is 7. The predicted molar refractivity (Wildman–Crippen MR) is 124 cm³/mol. The van der Waals surface area contributed by atoms with Crippen LogP contribution in [0.3, 0.4) is 0 Å². The lowest BCUT2D eigenvalue weighted by molar-refractivity contribution is 0.0494. The molecule has 11 heteroatoms. The molecule has 0 aliphatic rings. The summed E-state index contributed by atoms with van der Waals surface area (Å²) in [5.41, 5.74) is 0.568. The van der Waals surface area contributed by atoms with Gasteiger partial charge in [-0.1, -0.05) is 64.7 Å². The summed E-state index contributed by atoms with van der Waals surface area (Å²) in [6, 6.07) is 13.0. The number of carbonyl (C=O) groups is 1. The normalized spacial score (nSPS) is 12.9. The molecular weight excluding hydrogens is 489 g/mol. The lowest BCUT2D eigenvalue weighted by Gasteiger charge is -2.22. The van der Waals surface area contributed by atoms with Crippen molar-refractivity contribution in [2.24, 2.45) is 0 Å². The fraction of sp³-hybridized carbons (Fsp3) is 0.318. The second-order valence-electron chi connectivity index (χ2n) is 8.30. The molecule has 0 saturated heterocycles. The highest BCUT2D eigenvalue weighted by atomic mass is 35.5. The van der Waals surface area contributed by atoms with Crippen molar-refractivity contribution in [3.05, 3.63) is 75.6 Å². The summed E-state index contributed by atoms with van der Waals surface area (Å²) in [7, 11) is -3.97. The molecule has 0 bridgehead atoms. The van der Waals surface area contributed by atoms with E-state index in [0.29, 0.717) is 10.6 Å². The molecule has 0 unspecified atom stereocenters. The summed E-state index contributed by atoms with van der Waals surface area (Å²) >= 11 is 11.9. The number of alkyl carbamates (subject to hydrolysis) is 1. The predicted octanol–water partition coefficient (Wildman–Crippen LogP) is 5.16. The van der Waals surface area contributed by atoms with E-state index in [0.717, 1.165) is 5.56 Å². The zero-order valence-corrected chi connectivity index (χ0v) is 20.5. The molecule has 8 nitrogen and oxygen atoms in total. The van der Waals surface area contributed by atoms with Crippen molar-refractivity contribution in [3.8, 4) is 0 Å². The molecule has 33 heavy (non-hydrogen) atoms. The largest absolute Gasteiger partial charge is 0.444 e. The molecule has 1 atom stereocenters. The monoisotopic (exact) mass is 511 g/mol. The van der Waals surface area contributed by atoms with Gasteiger partial charge in [0, 0.05) is 6.42 Å². The molecule has 176 valence electrons. The first-order valence-electron chi connectivity index (χ1n) is 9.96. The van der Waals surface area contributed by atoms with E-state index in [1.807, 2.05) is 30.3 Å². The standard InChI is InChI=1S/C22H23Cl2N3O5S/c1-22(2,3)32-20(28)25-18(12-14-7-5-4-6-8-14)19-26-27-21(31-19)33(29,30)13-15-9-10-16(23)17(24)11-15/h4-11,18H,12-13H2,1-3H3,(H,25,28)/t18-/m0/s1. The summed E-state index contributed by atoms with van der Waals surface area (Å²) in [6.07, 6.45) is -0.406. The maximum atomic E-state index is 12.8. The zero-order chi connectivity index (χ0) is 24.2. The Hall–Kier alpha value is -2.62. The molecule has 1 heterocycles. The van der Waals surface area contributed by atoms with E-state index in [9.17, 15) is 13.2 Å². The number of hydrogen-bond donors (Lipinski definition) is 1. The third-order valence-corrected chi connectivity index (χ3v) is 6.45. The van der Waals surface area contributed by atoms with Gasteiger partial charge >= 0.3 is 11.3 Å². The Bertz CT molecular complexity index is 1220. The minimum atomic E-state index is -3.97. The number of halogens is 2. The van der Waals surface area contributed by atoms with Crippen LogP contribution >= 0.6 is 23.2 Å². The summed E-state index contributed by atoms with van der Waals surface area (Å²) in [6.45, 7) is 5.21. The van der Waals surface area contributed by atoms with Crippen LogP contribution in [0.4, 0.5) is 4.79 Å². The average molecular weight is 512 g/mol. The Balaban J connectivity index is 1.84. The van der Waals surface area contributed by atoms with Gasteiger partial charge in [-0.15, -0.1) is 5.10 Å². The summed E-state index contributed by atoms with van der Waals surface area (Å²) in [5, 5.41) is 10.3. The molecule has 0 aliphatic heterocycles. The highest BCUT2D eigenvalue weighted by molar-refractivity contribution is 7.90. The molecule has 0 fully saturated rings.